The van der Waals surface area contributed by atoms with Gasteiger partial charge in [0.2, 0.25) is 0 Å². The predicted molar refractivity (Wildman–Crippen MR) is 142 cm³/mol. The Kier molecular flexibility index (Phi) is 8.20. The van der Waals surface area contributed by atoms with Gasteiger partial charge in [-0.1, -0.05) is 64.0 Å². The van der Waals surface area contributed by atoms with Gasteiger partial charge in [0.05, 0.1) is 13.2 Å². The number of carbonyl (C=O) groups excluding carboxylic acids is 1. The van der Waals surface area contributed by atoms with Crippen LogP contribution in [0.2, 0.25) is 0 Å². The van der Waals surface area contributed by atoms with Crippen LogP contribution in [0.4, 0.5) is 0 Å². The van der Waals surface area contributed by atoms with Gasteiger partial charge in [-0.2, -0.15) is 0 Å². The van der Waals surface area contributed by atoms with E-state index >= 15 is 0 Å². The second kappa shape index (κ2) is 11.5. The number of ether oxygens (including phenoxy) is 1. The fourth-order valence-electron chi connectivity index (χ4n) is 4.21. The molecule has 176 valence electrons. The van der Waals surface area contributed by atoms with Crippen molar-refractivity contribution in [3.8, 4) is 5.75 Å². The molecule has 1 atom stereocenters. The Morgan fingerprint density at radius 3 is 2.26 bits per heavy atom. The van der Waals surface area contributed by atoms with Crippen LogP contribution in [0.1, 0.15) is 52.9 Å². The number of hydrogen-bond acceptors (Lipinski definition) is 3. The van der Waals surface area contributed by atoms with Crippen molar-refractivity contribution in [1.29, 1.82) is 0 Å². The maximum atomic E-state index is 12.7. The highest BCUT2D eigenvalue weighted by atomic mass is 79.9. The van der Waals surface area contributed by atoms with Crippen LogP contribution >= 0.6 is 15.9 Å². The monoisotopic (exact) mass is 518 g/mol. The molecular weight excluding hydrogens is 488 g/mol. The molecular formula is C29H31BrN2O2. The van der Waals surface area contributed by atoms with Crippen LogP contribution in [-0.4, -0.2) is 31.0 Å². The first kappa shape index (κ1) is 24.2. The van der Waals surface area contributed by atoms with E-state index in [4.69, 9.17) is 4.74 Å². The molecule has 1 aliphatic heterocycles. The summed E-state index contributed by atoms with van der Waals surface area (Å²) in [6.07, 6.45) is 4.42. The van der Waals surface area contributed by atoms with Gasteiger partial charge in [-0.3, -0.25) is 9.69 Å². The molecule has 3 aromatic carbocycles. The lowest BCUT2D eigenvalue weighted by Crippen LogP contribution is -2.30. The van der Waals surface area contributed by atoms with Crippen molar-refractivity contribution in [2.75, 3.05) is 20.2 Å². The molecule has 1 aliphatic rings. The first-order valence-electron chi connectivity index (χ1n) is 11.7. The van der Waals surface area contributed by atoms with Gasteiger partial charge in [-0.15, -0.1) is 0 Å². The van der Waals surface area contributed by atoms with Crippen LogP contribution < -0.4 is 10.1 Å². The highest BCUT2D eigenvalue weighted by Gasteiger charge is 2.15. The Balaban J connectivity index is 1.28. The molecule has 0 bridgehead atoms. The molecule has 5 heteroatoms. The average Bonchev–Trinajstić information content (AvgIpc) is 2.86. The van der Waals surface area contributed by atoms with Crippen molar-refractivity contribution in [2.24, 2.45) is 0 Å². The molecule has 1 saturated heterocycles. The first-order chi connectivity index (χ1) is 16.5. The molecule has 0 aliphatic carbocycles. The van der Waals surface area contributed by atoms with Gasteiger partial charge in [-0.05, 0) is 72.9 Å². The quantitative estimate of drug-likeness (QED) is 0.381. The number of rotatable bonds is 7. The summed E-state index contributed by atoms with van der Waals surface area (Å²) in [5.41, 5.74) is 5.69. The SMILES string of the molecule is COc1ccc(CN2CCC(=Cc3ccc(C(=O)N[C@H](C)c4ccc(Br)cc4)cc3)CC2)cc1. The van der Waals surface area contributed by atoms with Gasteiger partial charge in [-0.25, -0.2) is 0 Å². The van der Waals surface area contributed by atoms with Crippen LogP contribution in [0.15, 0.2) is 82.8 Å². The molecule has 0 radical (unpaired) electrons. The summed E-state index contributed by atoms with van der Waals surface area (Å²) in [4.78, 5) is 15.2. The number of carbonyl (C=O) groups is 1. The van der Waals surface area contributed by atoms with Gasteiger partial charge in [0.15, 0.2) is 0 Å². The Morgan fingerprint density at radius 1 is 1.00 bits per heavy atom. The van der Waals surface area contributed by atoms with Crippen molar-refractivity contribution in [1.82, 2.24) is 10.2 Å². The summed E-state index contributed by atoms with van der Waals surface area (Å²) in [6, 6.07) is 24.2. The van der Waals surface area contributed by atoms with Crippen LogP contribution in [0.5, 0.6) is 5.75 Å². The third-order valence-corrected chi connectivity index (χ3v) is 6.85. The topological polar surface area (TPSA) is 41.6 Å². The summed E-state index contributed by atoms with van der Waals surface area (Å²) >= 11 is 3.45. The van der Waals surface area contributed by atoms with E-state index in [-0.39, 0.29) is 11.9 Å². The summed E-state index contributed by atoms with van der Waals surface area (Å²) in [7, 11) is 1.70. The molecule has 1 amide bonds. The zero-order valence-corrected chi connectivity index (χ0v) is 21.3. The Hall–Kier alpha value is -2.89. The van der Waals surface area contributed by atoms with Crippen molar-refractivity contribution < 1.29 is 9.53 Å². The minimum atomic E-state index is -0.0542. The largest absolute Gasteiger partial charge is 0.497 e. The molecule has 4 rings (SSSR count). The lowest BCUT2D eigenvalue weighted by molar-refractivity contribution is 0.0940. The number of benzene rings is 3. The third kappa shape index (κ3) is 6.58. The number of amides is 1. The van der Waals surface area contributed by atoms with E-state index in [1.807, 2.05) is 67.6 Å². The maximum Gasteiger partial charge on any atom is 0.251 e. The lowest BCUT2D eigenvalue weighted by atomic mass is 9.99. The molecule has 0 spiro atoms. The van der Waals surface area contributed by atoms with E-state index in [1.165, 1.54) is 11.1 Å². The van der Waals surface area contributed by atoms with E-state index in [1.54, 1.807) is 7.11 Å². The van der Waals surface area contributed by atoms with Crippen molar-refractivity contribution in [3.63, 3.8) is 0 Å². The predicted octanol–water partition coefficient (Wildman–Crippen LogP) is 6.63. The molecule has 1 heterocycles. The summed E-state index contributed by atoms with van der Waals surface area (Å²) in [5, 5.41) is 3.08. The second-order valence-corrected chi connectivity index (χ2v) is 9.71. The molecule has 1 fully saturated rings. The summed E-state index contributed by atoms with van der Waals surface area (Å²) in [6.45, 7) is 5.10. The Bertz CT molecular complexity index is 1110. The molecule has 3 aromatic rings. The molecule has 1 N–H and O–H groups in total. The molecule has 0 saturated carbocycles. The summed E-state index contributed by atoms with van der Waals surface area (Å²) in [5.74, 6) is 0.844. The van der Waals surface area contributed by atoms with E-state index in [0.717, 1.165) is 53.8 Å². The van der Waals surface area contributed by atoms with Crippen molar-refractivity contribution >= 4 is 27.9 Å². The van der Waals surface area contributed by atoms with E-state index < -0.39 is 0 Å². The van der Waals surface area contributed by atoms with E-state index in [9.17, 15) is 4.79 Å². The number of piperidine rings is 1. The number of halogens is 1. The highest BCUT2D eigenvalue weighted by Crippen LogP contribution is 2.22. The van der Waals surface area contributed by atoms with Gasteiger partial charge in [0.25, 0.3) is 5.91 Å². The van der Waals surface area contributed by atoms with E-state index in [2.05, 4.69) is 44.4 Å². The number of nitrogens with zero attached hydrogens (tertiary/aromatic N) is 1. The minimum Gasteiger partial charge on any atom is -0.497 e. The van der Waals surface area contributed by atoms with Gasteiger partial charge >= 0.3 is 0 Å². The molecule has 4 nitrogen and oxygen atoms in total. The number of methoxy groups -OCH3 is 1. The number of likely N-dealkylation sites (tertiary alicyclic amines) is 1. The molecule has 0 unspecified atom stereocenters. The zero-order chi connectivity index (χ0) is 23.9. The fourth-order valence-corrected chi connectivity index (χ4v) is 4.48. The number of nitrogens with one attached hydrogen (secondary N) is 1. The van der Waals surface area contributed by atoms with Gasteiger partial charge < -0.3 is 10.1 Å². The van der Waals surface area contributed by atoms with Crippen LogP contribution in [0.25, 0.3) is 6.08 Å². The van der Waals surface area contributed by atoms with Crippen molar-refractivity contribution in [3.05, 3.63) is 105 Å². The molecule has 0 aromatic heterocycles. The highest BCUT2D eigenvalue weighted by molar-refractivity contribution is 9.10. The van der Waals surface area contributed by atoms with Crippen LogP contribution in [0.3, 0.4) is 0 Å². The number of hydrogen-bond donors (Lipinski definition) is 1. The fraction of sp³-hybridized carbons (Fsp3) is 0.276. The minimum absolute atomic E-state index is 0.0505. The maximum absolute atomic E-state index is 12.7. The third-order valence-electron chi connectivity index (χ3n) is 6.32. The summed E-state index contributed by atoms with van der Waals surface area (Å²) < 4.78 is 6.27. The van der Waals surface area contributed by atoms with Gasteiger partial charge in [0.1, 0.15) is 5.75 Å². The van der Waals surface area contributed by atoms with Crippen LogP contribution in [-0.2, 0) is 6.54 Å². The van der Waals surface area contributed by atoms with Crippen LogP contribution in [0, 0.1) is 0 Å². The first-order valence-corrected chi connectivity index (χ1v) is 12.5. The molecule has 34 heavy (non-hydrogen) atoms. The normalized spacial score (nSPS) is 15.0. The van der Waals surface area contributed by atoms with Crippen molar-refractivity contribution in [2.45, 2.75) is 32.4 Å². The Labute approximate surface area is 210 Å². The lowest BCUT2D eigenvalue weighted by Gasteiger charge is -2.28. The standard InChI is InChI=1S/C29H31BrN2O2/c1-21(25-9-11-27(30)12-10-25)31-29(33)26-7-3-22(4-8-26)19-23-15-17-32(18-16-23)20-24-5-13-28(34-2)14-6-24/h3-14,19,21H,15-18,20H2,1-2H3,(H,31,33)/t21-/m1/s1. The zero-order valence-electron chi connectivity index (χ0n) is 19.8. The smallest absolute Gasteiger partial charge is 0.251 e. The van der Waals surface area contributed by atoms with E-state index in [0.29, 0.717) is 5.56 Å². The van der Waals surface area contributed by atoms with Gasteiger partial charge in [0, 0.05) is 29.7 Å². The second-order valence-electron chi connectivity index (χ2n) is 8.80. The average molecular weight is 519 g/mol. The Morgan fingerprint density at radius 2 is 1.65 bits per heavy atom.